The number of halogens is 2. The van der Waals surface area contributed by atoms with Crippen LogP contribution in [0.1, 0.15) is 17.0 Å². The predicted molar refractivity (Wildman–Crippen MR) is 53.5 cm³/mol. The summed E-state index contributed by atoms with van der Waals surface area (Å²) in [6, 6.07) is 10.4. The van der Waals surface area contributed by atoms with Gasteiger partial charge in [0, 0.05) is 23.8 Å². The van der Waals surface area contributed by atoms with Crippen molar-refractivity contribution in [3.05, 3.63) is 59.7 Å². The molecule has 0 radical (unpaired) electrons. The zero-order valence-electron chi connectivity index (χ0n) is 9.00. The number of aryl methyl sites for hydroxylation is 1. The molecule has 0 saturated heterocycles. The van der Waals surface area contributed by atoms with Crippen LogP contribution in [0.4, 0.5) is 0 Å². The summed E-state index contributed by atoms with van der Waals surface area (Å²) in [6.07, 6.45) is 4.89. The molecule has 0 bridgehead atoms. The van der Waals surface area contributed by atoms with Crippen LogP contribution in [0.25, 0.3) is 0 Å². The zero-order valence-corrected chi connectivity index (χ0v) is 10.5. The third kappa shape index (κ3) is 4.17. The van der Waals surface area contributed by atoms with Gasteiger partial charge in [0.25, 0.3) is 0 Å². The predicted octanol–water partition coefficient (Wildman–Crippen LogP) is -4.78. The van der Waals surface area contributed by atoms with Gasteiger partial charge in [-0.1, -0.05) is 6.07 Å². The Balaban J connectivity index is 0.00000112. The van der Waals surface area contributed by atoms with Gasteiger partial charge >= 0.3 is 0 Å². The third-order valence-corrected chi connectivity index (χ3v) is 2.19. The molecule has 0 spiro atoms. The first-order valence-corrected chi connectivity index (χ1v) is 4.77. The molecule has 2 aromatic rings. The topological polar surface area (TPSA) is 28.3 Å². The zero-order chi connectivity index (χ0) is 9.80. The molecule has 0 aliphatic heterocycles. The van der Waals surface area contributed by atoms with Gasteiger partial charge in [-0.25, -0.2) is 9.97 Å². The third-order valence-electron chi connectivity index (χ3n) is 2.19. The molecule has 0 aliphatic carbocycles. The van der Waals surface area contributed by atoms with Crippen LogP contribution in [0.5, 0.6) is 0 Å². The average molecular weight is 257 g/mol. The summed E-state index contributed by atoms with van der Waals surface area (Å²) in [5.74, 6) is 0. The maximum atomic E-state index is 3.27. The van der Waals surface area contributed by atoms with Gasteiger partial charge in [0.1, 0.15) is 6.42 Å². The van der Waals surface area contributed by atoms with Crippen LogP contribution >= 0.6 is 0 Å². The van der Waals surface area contributed by atoms with E-state index in [1.165, 1.54) is 17.0 Å². The molecule has 0 aromatic carbocycles. The summed E-state index contributed by atoms with van der Waals surface area (Å²) in [5, 5.41) is 0. The van der Waals surface area contributed by atoms with Gasteiger partial charge in [-0.15, -0.1) is 0 Å². The molecule has 0 amide bonds. The van der Waals surface area contributed by atoms with E-state index in [2.05, 4.69) is 35.1 Å². The number of nitrogens with one attached hydrogen (secondary N) is 2. The second-order valence-corrected chi connectivity index (χ2v) is 3.46. The summed E-state index contributed by atoms with van der Waals surface area (Å²) < 4.78 is 0. The van der Waals surface area contributed by atoms with E-state index in [1.54, 1.807) is 0 Å². The standard InChI is InChI=1S/C12H12N2.2ClH/c1-10-5-6-12(14-9-10)8-11-4-2-3-7-13-11;;/h2-7,9H,8H2,1H3;2*1H. The van der Waals surface area contributed by atoms with E-state index in [0.717, 1.165) is 6.42 Å². The highest BCUT2D eigenvalue weighted by Gasteiger charge is 2.06. The summed E-state index contributed by atoms with van der Waals surface area (Å²) in [4.78, 5) is 6.48. The van der Waals surface area contributed by atoms with Crippen molar-refractivity contribution in [2.75, 3.05) is 0 Å². The number of aromatic amines is 2. The fourth-order valence-electron chi connectivity index (χ4n) is 1.39. The van der Waals surface area contributed by atoms with E-state index >= 15 is 0 Å². The van der Waals surface area contributed by atoms with Crippen molar-refractivity contribution < 1.29 is 34.8 Å². The molecule has 2 nitrogen and oxygen atoms in total. The Hall–Kier alpha value is -1.12. The molecule has 86 valence electrons. The van der Waals surface area contributed by atoms with Crippen LogP contribution in [0, 0.1) is 6.92 Å². The molecule has 0 atom stereocenters. The van der Waals surface area contributed by atoms with Crippen LogP contribution in [-0.2, 0) is 6.42 Å². The lowest BCUT2D eigenvalue weighted by Crippen LogP contribution is -3.00. The van der Waals surface area contributed by atoms with Gasteiger partial charge in [0.2, 0.25) is 0 Å². The lowest BCUT2D eigenvalue weighted by atomic mass is 10.2. The summed E-state index contributed by atoms with van der Waals surface area (Å²) >= 11 is 0. The molecule has 2 aromatic heterocycles. The second-order valence-electron chi connectivity index (χ2n) is 3.46. The maximum Gasteiger partial charge on any atom is 0.190 e. The monoisotopic (exact) mass is 256 g/mol. The summed E-state index contributed by atoms with van der Waals surface area (Å²) in [5.41, 5.74) is 3.69. The van der Waals surface area contributed by atoms with E-state index in [1.807, 2.05) is 24.5 Å². The van der Waals surface area contributed by atoms with Crippen molar-refractivity contribution >= 4 is 0 Å². The normalized spacial score (nSPS) is 8.81. The molecule has 0 fully saturated rings. The van der Waals surface area contributed by atoms with Gasteiger partial charge in [0.05, 0.1) is 0 Å². The van der Waals surface area contributed by atoms with Crippen LogP contribution in [0.2, 0.25) is 0 Å². The van der Waals surface area contributed by atoms with Crippen molar-refractivity contribution in [3.63, 3.8) is 0 Å². The molecule has 2 heterocycles. The lowest BCUT2D eigenvalue weighted by Gasteiger charge is -1.91. The summed E-state index contributed by atoms with van der Waals surface area (Å²) in [6.45, 7) is 2.08. The Labute approximate surface area is 108 Å². The van der Waals surface area contributed by atoms with E-state index < -0.39 is 0 Å². The first-order chi connectivity index (χ1) is 6.84. The second kappa shape index (κ2) is 7.20. The van der Waals surface area contributed by atoms with Gasteiger partial charge in [-0.3, -0.25) is 0 Å². The van der Waals surface area contributed by atoms with Crippen LogP contribution in [0.15, 0.2) is 42.7 Å². The smallest absolute Gasteiger partial charge is 0.190 e. The van der Waals surface area contributed by atoms with Crippen molar-refractivity contribution in [1.29, 1.82) is 0 Å². The molecule has 4 heteroatoms. The fourth-order valence-corrected chi connectivity index (χ4v) is 1.39. The quantitative estimate of drug-likeness (QED) is 0.517. The minimum absolute atomic E-state index is 0. The molecule has 0 unspecified atom stereocenters. The maximum absolute atomic E-state index is 3.27. The molecular weight excluding hydrogens is 243 g/mol. The van der Waals surface area contributed by atoms with E-state index in [4.69, 9.17) is 0 Å². The molecular formula is C12H14Cl2N2. The van der Waals surface area contributed by atoms with Crippen molar-refractivity contribution in [2.45, 2.75) is 13.3 Å². The number of pyridine rings is 2. The van der Waals surface area contributed by atoms with Crippen molar-refractivity contribution in [2.24, 2.45) is 0 Å². The van der Waals surface area contributed by atoms with Crippen molar-refractivity contribution in [1.82, 2.24) is 0 Å². The van der Waals surface area contributed by atoms with Gasteiger partial charge in [-0.2, -0.15) is 0 Å². The molecule has 0 aliphatic rings. The molecule has 16 heavy (non-hydrogen) atoms. The highest BCUT2D eigenvalue weighted by Crippen LogP contribution is 1.99. The largest absolute Gasteiger partial charge is 1.00 e. The Morgan fingerprint density at radius 2 is 1.69 bits per heavy atom. The average Bonchev–Trinajstić information content (AvgIpc) is 2.23. The highest BCUT2D eigenvalue weighted by atomic mass is 35.5. The lowest BCUT2D eigenvalue weighted by molar-refractivity contribution is -0.407. The number of H-pyrrole nitrogens is 2. The molecule has 2 rings (SSSR count). The van der Waals surface area contributed by atoms with Gasteiger partial charge < -0.3 is 24.8 Å². The fraction of sp³-hybridized carbons (Fsp3) is 0.167. The number of rotatable bonds is 2. The van der Waals surface area contributed by atoms with E-state index in [0.29, 0.717) is 0 Å². The van der Waals surface area contributed by atoms with Gasteiger partial charge in [0.15, 0.2) is 23.8 Å². The Morgan fingerprint density at radius 1 is 0.938 bits per heavy atom. The minimum Gasteiger partial charge on any atom is -1.00 e. The van der Waals surface area contributed by atoms with Crippen LogP contribution in [-0.4, -0.2) is 0 Å². The van der Waals surface area contributed by atoms with Gasteiger partial charge in [-0.05, 0) is 13.0 Å². The minimum atomic E-state index is 0. The van der Waals surface area contributed by atoms with Crippen LogP contribution < -0.4 is 34.8 Å². The summed E-state index contributed by atoms with van der Waals surface area (Å²) in [7, 11) is 0. The highest BCUT2D eigenvalue weighted by molar-refractivity contribution is 5.11. The Kier molecular flexibility index (Phi) is 6.70. The van der Waals surface area contributed by atoms with E-state index in [-0.39, 0.29) is 24.8 Å². The first-order valence-electron chi connectivity index (χ1n) is 4.77. The van der Waals surface area contributed by atoms with E-state index in [9.17, 15) is 0 Å². The Bertz CT molecular complexity index is 401. The Morgan fingerprint density at radius 3 is 2.25 bits per heavy atom. The number of hydrogen-bond donors (Lipinski definition) is 0. The molecule has 2 N–H and O–H groups in total. The SMILES string of the molecule is Cc1ccc(Cc2cccc[nH+]2)[nH+]c1.[Cl-].[Cl-]. The molecule has 0 saturated carbocycles. The van der Waals surface area contributed by atoms with Crippen molar-refractivity contribution in [3.8, 4) is 0 Å². The number of hydrogen-bond acceptors (Lipinski definition) is 0. The van der Waals surface area contributed by atoms with Crippen LogP contribution in [0.3, 0.4) is 0 Å². The number of aromatic nitrogens is 2. The first kappa shape index (κ1) is 14.9.